The summed E-state index contributed by atoms with van der Waals surface area (Å²) in [5.74, 6) is 0. The Morgan fingerprint density at radius 2 is 1.86 bits per heavy atom. The summed E-state index contributed by atoms with van der Waals surface area (Å²) in [4.78, 5) is 16.2. The van der Waals surface area contributed by atoms with Gasteiger partial charge in [0.1, 0.15) is 0 Å². The summed E-state index contributed by atoms with van der Waals surface area (Å²) in [5, 5.41) is 8.36. The molecule has 1 aromatic rings. The average molecular weight is 311 g/mol. The molecule has 0 saturated carbocycles. The molecule has 1 rings (SSSR count). The lowest BCUT2D eigenvalue weighted by molar-refractivity contribution is 0.252. The van der Waals surface area contributed by atoms with Gasteiger partial charge < -0.3 is 5.32 Å². The molecule has 0 bridgehead atoms. The van der Waals surface area contributed by atoms with Gasteiger partial charge >= 0.3 is 6.03 Å². The van der Waals surface area contributed by atoms with Crippen molar-refractivity contribution in [3.63, 3.8) is 0 Å². The third-order valence-electron chi connectivity index (χ3n) is 3.31. The molecule has 0 unspecified atom stereocenters. The van der Waals surface area contributed by atoms with Crippen LogP contribution in [0.1, 0.15) is 71.9 Å². The van der Waals surface area contributed by atoms with E-state index in [1.165, 1.54) is 43.4 Å². The third kappa shape index (κ3) is 7.46. The Kier molecular flexibility index (Phi) is 7.72. The largest absolute Gasteiger partial charge is 0.338 e. The van der Waals surface area contributed by atoms with Gasteiger partial charge in [0.15, 0.2) is 5.13 Å². The molecule has 0 aliphatic carbocycles. The van der Waals surface area contributed by atoms with Crippen molar-refractivity contribution in [2.75, 3.05) is 11.9 Å². The summed E-state index contributed by atoms with van der Waals surface area (Å²) in [6.07, 6.45) is 7.38. The average Bonchev–Trinajstić information content (AvgIpc) is 2.86. The number of aromatic nitrogens is 1. The van der Waals surface area contributed by atoms with E-state index < -0.39 is 0 Å². The molecule has 0 aromatic carbocycles. The lowest BCUT2D eigenvalue weighted by Gasteiger charge is -2.14. The lowest BCUT2D eigenvalue weighted by atomic mass is 9.93. The highest BCUT2D eigenvalue weighted by Gasteiger charge is 2.17. The normalized spacial score (nSPS) is 11.4. The third-order valence-corrected chi connectivity index (χ3v) is 4.07. The summed E-state index contributed by atoms with van der Waals surface area (Å²) in [7, 11) is 0. The van der Waals surface area contributed by atoms with E-state index in [1.807, 2.05) is 5.38 Å². The molecule has 0 aliphatic rings. The van der Waals surface area contributed by atoms with Crippen LogP contribution in [0.5, 0.6) is 0 Å². The van der Waals surface area contributed by atoms with Gasteiger partial charge in [-0.15, -0.1) is 11.3 Å². The molecule has 0 saturated heterocycles. The van der Waals surface area contributed by atoms with Gasteiger partial charge in [-0.05, 0) is 6.42 Å². The fraction of sp³-hybridized carbons (Fsp3) is 0.750. The molecule has 1 aromatic heterocycles. The smallest absolute Gasteiger partial charge is 0.321 e. The van der Waals surface area contributed by atoms with E-state index in [1.54, 1.807) is 0 Å². The molecule has 2 N–H and O–H groups in total. The summed E-state index contributed by atoms with van der Waals surface area (Å²) < 4.78 is 0. The van der Waals surface area contributed by atoms with Crippen LogP contribution in [-0.2, 0) is 5.41 Å². The van der Waals surface area contributed by atoms with E-state index in [0.717, 1.165) is 18.7 Å². The number of hydrogen-bond donors (Lipinski definition) is 2. The zero-order valence-corrected chi connectivity index (χ0v) is 14.6. The number of thiazole rings is 1. The lowest BCUT2D eigenvalue weighted by Crippen LogP contribution is -2.29. The SMILES string of the molecule is CCCCCCCCNC(=O)Nc1nc(C(C)(C)C)cs1. The number of nitrogens with one attached hydrogen (secondary N) is 2. The maximum atomic E-state index is 11.8. The zero-order chi connectivity index (χ0) is 15.7. The number of anilines is 1. The molecule has 0 fully saturated rings. The predicted molar refractivity (Wildman–Crippen MR) is 91.2 cm³/mol. The van der Waals surface area contributed by atoms with Crippen LogP contribution in [0.3, 0.4) is 0 Å². The van der Waals surface area contributed by atoms with Gasteiger partial charge in [0.25, 0.3) is 0 Å². The van der Waals surface area contributed by atoms with Crippen molar-refractivity contribution in [1.29, 1.82) is 0 Å². The molecule has 4 nitrogen and oxygen atoms in total. The van der Waals surface area contributed by atoms with Crippen molar-refractivity contribution < 1.29 is 4.79 Å². The first-order chi connectivity index (χ1) is 9.93. The quantitative estimate of drug-likeness (QED) is 0.669. The van der Waals surface area contributed by atoms with Gasteiger partial charge in [-0.2, -0.15) is 0 Å². The first kappa shape index (κ1) is 18.0. The summed E-state index contributed by atoms with van der Waals surface area (Å²) in [6, 6.07) is -0.154. The standard InChI is InChI=1S/C16H29N3OS/c1-5-6-7-8-9-10-11-17-14(20)19-15-18-13(12-21-15)16(2,3)4/h12H,5-11H2,1-4H3,(H2,17,18,19,20). The van der Waals surface area contributed by atoms with Crippen LogP contribution in [0.15, 0.2) is 5.38 Å². The number of rotatable bonds is 8. The summed E-state index contributed by atoms with van der Waals surface area (Å²) in [5.41, 5.74) is 1.03. The Hall–Kier alpha value is -1.10. The maximum Gasteiger partial charge on any atom is 0.321 e. The van der Waals surface area contributed by atoms with Crippen LogP contribution in [0.2, 0.25) is 0 Å². The zero-order valence-electron chi connectivity index (χ0n) is 13.8. The van der Waals surface area contributed by atoms with Crippen molar-refractivity contribution >= 4 is 22.5 Å². The number of urea groups is 1. The van der Waals surface area contributed by atoms with Gasteiger partial charge in [0.05, 0.1) is 5.69 Å². The Labute approximate surface area is 132 Å². The molecule has 0 spiro atoms. The van der Waals surface area contributed by atoms with Crippen molar-refractivity contribution in [3.05, 3.63) is 11.1 Å². The second kappa shape index (κ2) is 9.03. The second-order valence-corrected chi connectivity index (χ2v) is 7.29. The Bertz CT molecular complexity index is 423. The van der Waals surface area contributed by atoms with Crippen LogP contribution in [-0.4, -0.2) is 17.6 Å². The van der Waals surface area contributed by atoms with Crippen LogP contribution in [0.25, 0.3) is 0 Å². The highest BCUT2D eigenvalue weighted by Crippen LogP contribution is 2.26. The molecular formula is C16H29N3OS. The van der Waals surface area contributed by atoms with E-state index in [2.05, 4.69) is 43.3 Å². The maximum absolute atomic E-state index is 11.8. The van der Waals surface area contributed by atoms with Crippen LogP contribution in [0.4, 0.5) is 9.93 Å². The van der Waals surface area contributed by atoms with Crippen molar-refractivity contribution in [2.24, 2.45) is 0 Å². The van der Waals surface area contributed by atoms with Gasteiger partial charge in [-0.3, -0.25) is 5.32 Å². The summed E-state index contributed by atoms with van der Waals surface area (Å²) in [6.45, 7) is 9.30. The van der Waals surface area contributed by atoms with E-state index in [9.17, 15) is 4.79 Å². The Balaban J connectivity index is 2.18. The molecule has 0 radical (unpaired) electrons. The highest BCUT2D eigenvalue weighted by molar-refractivity contribution is 7.13. The molecule has 0 aliphatic heterocycles. The minimum absolute atomic E-state index is 0.0192. The molecule has 2 amide bonds. The van der Waals surface area contributed by atoms with Crippen LogP contribution in [0, 0.1) is 0 Å². The fourth-order valence-electron chi connectivity index (χ4n) is 1.92. The highest BCUT2D eigenvalue weighted by atomic mass is 32.1. The number of hydrogen-bond acceptors (Lipinski definition) is 3. The van der Waals surface area contributed by atoms with Crippen molar-refractivity contribution in [3.8, 4) is 0 Å². The number of amides is 2. The predicted octanol–water partition coefficient (Wildman–Crippen LogP) is 4.92. The Morgan fingerprint density at radius 1 is 1.19 bits per heavy atom. The molecule has 1 heterocycles. The second-order valence-electron chi connectivity index (χ2n) is 6.44. The van der Waals surface area contributed by atoms with E-state index in [0.29, 0.717) is 5.13 Å². The number of nitrogens with zero attached hydrogens (tertiary/aromatic N) is 1. The molecule has 0 atom stereocenters. The van der Waals surface area contributed by atoms with Gasteiger partial charge in [-0.25, -0.2) is 9.78 Å². The van der Waals surface area contributed by atoms with E-state index in [-0.39, 0.29) is 11.4 Å². The summed E-state index contributed by atoms with van der Waals surface area (Å²) >= 11 is 1.47. The van der Waals surface area contributed by atoms with Gasteiger partial charge in [0.2, 0.25) is 0 Å². The molecule has 21 heavy (non-hydrogen) atoms. The number of carbonyl (C=O) groups excluding carboxylic acids is 1. The van der Waals surface area contributed by atoms with Crippen LogP contribution < -0.4 is 10.6 Å². The van der Waals surface area contributed by atoms with Crippen LogP contribution >= 0.6 is 11.3 Å². The minimum atomic E-state index is -0.154. The topological polar surface area (TPSA) is 54.0 Å². The molecule has 120 valence electrons. The van der Waals surface area contributed by atoms with E-state index >= 15 is 0 Å². The fourth-order valence-corrected chi connectivity index (χ4v) is 2.86. The number of carbonyl (C=O) groups is 1. The monoisotopic (exact) mass is 311 g/mol. The van der Waals surface area contributed by atoms with Gasteiger partial charge in [-0.1, -0.05) is 59.8 Å². The first-order valence-electron chi connectivity index (χ1n) is 7.94. The van der Waals surface area contributed by atoms with Crippen molar-refractivity contribution in [1.82, 2.24) is 10.3 Å². The van der Waals surface area contributed by atoms with Gasteiger partial charge in [0, 0.05) is 17.3 Å². The molecular weight excluding hydrogens is 282 g/mol. The molecule has 5 heteroatoms. The Morgan fingerprint density at radius 3 is 2.48 bits per heavy atom. The van der Waals surface area contributed by atoms with Crippen molar-refractivity contribution in [2.45, 2.75) is 71.6 Å². The minimum Gasteiger partial charge on any atom is -0.338 e. The van der Waals surface area contributed by atoms with E-state index in [4.69, 9.17) is 0 Å². The number of unbranched alkanes of at least 4 members (excludes halogenated alkanes) is 5. The first-order valence-corrected chi connectivity index (χ1v) is 8.82.